The van der Waals surface area contributed by atoms with Crippen LogP contribution in [0.1, 0.15) is 45.2 Å². The molecule has 0 amide bonds. The van der Waals surface area contributed by atoms with Crippen LogP contribution in [0.4, 0.5) is 0 Å². The fourth-order valence-corrected chi connectivity index (χ4v) is 2.92. The van der Waals surface area contributed by atoms with E-state index in [1.165, 1.54) is 18.4 Å². The number of nitrogens with zero attached hydrogens (tertiary/aromatic N) is 1. The Labute approximate surface area is 123 Å². The van der Waals surface area contributed by atoms with E-state index in [1.54, 1.807) is 0 Å². The van der Waals surface area contributed by atoms with E-state index in [9.17, 15) is 0 Å². The lowest BCUT2D eigenvalue weighted by atomic mass is 9.82. The Balaban J connectivity index is 2.10. The Hall–Kier alpha value is -1.06. The van der Waals surface area contributed by atoms with Gasteiger partial charge in [0.15, 0.2) is 0 Å². The molecule has 1 atom stereocenters. The zero-order valence-electron chi connectivity index (χ0n) is 13.1. The Bertz CT molecular complexity index is 421. The third kappa shape index (κ3) is 3.74. The average Bonchev–Trinajstić information content (AvgIpc) is 2.42. The lowest BCUT2D eigenvalue weighted by molar-refractivity contribution is 0.0963. The van der Waals surface area contributed by atoms with E-state index in [0.717, 1.165) is 18.8 Å². The summed E-state index contributed by atoms with van der Waals surface area (Å²) in [6.45, 7) is 10.4. The van der Waals surface area contributed by atoms with Gasteiger partial charge in [-0.05, 0) is 56.0 Å². The van der Waals surface area contributed by atoms with Gasteiger partial charge in [-0.25, -0.2) is 0 Å². The van der Waals surface area contributed by atoms with Crippen LogP contribution in [0.2, 0.25) is 0 Å². The molecule has 2 N–H and O–H groups in total. The molecule has 1 aliphatic rings. The molecular formula is C17H28N2O. The Morgan fingerprint density at radius 1 is 1.30 bits per heavy atom. The predicted molar refractivity (Wildman–Crippen MR) is 84.0 cm³/mol. The molecule has 0 spiro atoms. The molecule has 3 heteroatoms. The van der Waals surface area contributed by atoms with Gasteiger partial charge >= 0.3 is 0 Å². The second-order valence-corrected chi connectivity index (χ2v) is 6.46. The summed E-state index contributed by atoms with van der Waals surface area (Å²) >= 11 is 0. The second kappa shape index (κ2) is 6.59. The normalized spacial score (nSPS) is 20.6. The van der Waals surface area contributed by atoms with Crippen molar-refractivity contribution in [3.63, 3.8) is 0 Å². The number of ether oxygens (including phenoxy) is 1. The number of benzene rings is 1. The minimum Gasteiger partial charge on any atom is -0.494 e. The van der Waals surface area contributed by atoms with Gasteiger partial charge in [0.05, 0.1) is 6.61 Å². The van der Waals surface area contributed by atoms with Gasteiger partial charge in [-0.15, -0.1) is 0 Å². The van der Waals surface area contributed by atoms with E-state index in [0.29, 0.717) is 24.6 Å². The third-order valence-corrected chi connectivity index (χ3v) is 4.37. The van der Waals surface area contributed by atoms with Crippen LogP contribution in [-0.4, -0.2) is 31.1 Å². The molecule has 3 nitrogen and oxygen atoms in total. The molecule has 0 aliphatic carbocycles. The number of hydrogen-bond donors (Lipinski definition) is 1. The molecule has 1 unspecified atom stereocenters. The van der Waals surface area contributed by atoms with Gasteiger partial charge in [-0.3, -0.25) is 4.90 Å². The molecule has 1 fully saturated rings. The lowest BCUT2D eigenvalue weighted by Gasteiger charge is -2.41. The third-order valence-electron chi connectivity index (χ3n) is 4.37. The highest BCUT2D eigenvalue weighted by molar-refractivity contribution is 5.31. The summed E-state index contributed by atoms with van der Waals surface area (Å²) in [6.07, 6.45) is 2.49. The smallest absolute Gasteiger partial charge is 0.119 e. The Morgan fingerprint density at radius 2 is 2.00 bits per heavy atom. The van der Waals surface area contributed by atoms with E-state index >= 15 is 0 Å². The molecule has 1 aromatic rings. The van der Waals surface area contributed by atoms with Gasteiger partial charge in [0.1, 0.15) is 5.75 Å². The van der Waals surface area contributed by atoms with Crippen LogP contribution in [-0.2, 0) is 0 Å². The topological polar surface area (TPSA) is 38.5 Å². The first kappa shape index (κ1) is 15.3. The van der Waals surface area contributed by atoms with E-state index in [4.69, 9.17) is 10.5 Å². The van der Waals surface area contributed by atoms with E-state index in [-0.39, 0.29) is 0 Å². The van der Waals surface area contributed by atoms with Crippen LogP contribution in [0.15, 0.2) is 24.3 Å². The number of nitrogens with two attached hydrogens (primary N) is 1. The quantitative estimate of drug-likeness (QED) is 0.897. The average molecular weight is 276 g/mol. The summed E-state index contributed by atoms with van der Waals surface area (Å²) in [5.74, 6) is 0.945. The highest BCUT2D eigenvalue weighted by atomic mass is 16.5. The lowest BCUT2D eigenvalue weighted by Crippen LogP contribution is -2.42. The molecule has 0 aromatic heterocycles. The largest absolute Gasteiger partial charge is 0.494 e. The molecule has 112 valence electrons. The van der Waals surface area contributed by atoms with Crippen molar-refractivity contribution in [2.24, 2.45) is 11.1 Å². The maximum Gasteiger partial charge on any atom is 0.119 e. The zero-order chi connectivity index (χ0) is 14.6. The summed E-state index contributed by atoms with van der Waals surface area (Å²) in [6, 6.07) is 8.70. The van der Waals surface area contributed by atoms with Gasteiger partial charge in [0.2, 0.25) is 0 Å². The predicted octanol–water partition coefficient (Wildman–Crippen LogP) is 3.21. The minimum absolute atomic E-state index is 0.312. The number of rotatable bonds is 5. The SMILES string of the molecule is CCOc1cccc(C(CN)N2CCC(C)(C)CC2)c1. The molecule has 1 heterocycles. The molecule has 0 radical (unpaired) electrons. The van der Waals surface area contributed by atoms with Crippen molar-refractivity contribution < 1.29 is 4.74 Å². The maximum absolute atomic E-state index is 6.04. The maximum atomic E-state index is 6.04. The molecular weight excluding hydrogens is 248 g/mol. The van der Waals surface area contributed by atoms with Crippen LogP contribution in [0, 0.1) is 5.41 Å². The molecule has 2 rings (SSSR count). The fourth-order valence-electron chi connectivity index (χ4n) is 2.92. The first-order chi connectivity index (χ1) is 9.55. The van der Waals surface area contributed by atoms with Crippen LogP contribution < -0.4 is 10.5 Å². The van der Waals surface area contributed by atoms with Gasteiger partial charge in [-0.2, -0.15) is 0 Å². The van der Waals surface area contributed by atoms with Crippen LogP contribution in [0.25, 0.3) is 0 Å². The van der Waals surface area contributed by atoms with Crippen molar-refractivity contribution in [1.82, 2.24) is 4.90 Å². The number of piperidine rings is 1. The number of likely N-dealkylation sites (tertiary alicyclic amines) is 1. The number of hydrogen-bond acceptors (Lipinski definition) is 3. The minimum atomic E-state index is 0.312. The summed E-state index contributed by atoms with van der Waals surface area (Å²) in [7, 11) is 0. The molecule has 0 saturated carbocycles. The highest BCUT2D eigenvalue weighted by Crippen LogP contribution is 2.34. The van der Waals surface area contributed by atoms with Crippen molar-refractivity contribution in [3.8, 4) is 5.75 Å². The van der Waals surface area contributed by atoms with Gasteiger partial charge < -0.3 is 10.5 Å². The molecule has 20 heavy (non-hydrogen) atoms. The van der Waals surface area contributed by atoms with Crippen molar-refractivity contribution in [1.29, 1.82) is 0 Å². The fraction of sp³-hybridized carbons (Fsp3) is 0.647. The van der Waals surface area contributed by atoms with Gasteiger partial charge in [0, 0.05) is 12.6 Å². The van der Waals surface area contributed by atoms with E-state index < -0.39 is 0 Å². The van der Waals surface area contributed by atoms with Crippen LogP contribution in [0.3, 0.4) is 0 Å². The van der Waals surface area contributed by atoms with E-state index in [1.807, 2.05) is 13.0 Å². The molecule has 0 bridgehead atoms. The second-order valence-electron chi connectivity index (χ2n) is 6.46. The molecule has 1 aliphatic heterocycles. The van der Waals surface area contributed by atoms with Crippen molar-refractivity contribution in [3.05, 3.63) is 29.8 Å². The van der Waals surface area contributed by atoms with Gasteiger partial charge in [0.25, 0.3) is 0 Å². The summed E-state index contributed by atoms with van der Waals surface area (Å²) in [5, 5.41) is 0. The zero-order valence-corrected chi connectivity index (χ0v) is 13.1. The first-order valence-electron chi connectivity index (χ1n) is 7.72. The monoisotopic (exact) mass is 276 g/mol. The summed E-state index contributed by atoms with van der Waals surface area (Å²) in [4.78, 5) is 2.52. The molecule has 1 aromatic carbocycles. The van der Waals surface area contributed by atoms with Crippen LogP contribution >= 0.6 is 0 Å². The Kier molecular flexibility index (Phi) is 5.06. The summed E-state index contributed by atoms with van der Waals surface area (Å²) < 4.78 is 5.60. The van der Waals surface area contributed by atoms with Gasteiger partial charge in [-0.1, -0.05) is 26.0 Å². The first-order valence-corrected chi connectivity index (χ1v) is 7.72. The molecule has 1 saturated heterocycles. The van der Waals surface area contributed by atoms with Crippen LogP contribution in [0.5, 0.6) is 5.75 Å². The van der Waals surface area contributed by atoms with Crippen molar-refractivity contribution in [2.45, 2.75) is 39.7 Å². The van der Waals surface area contributed by atoms with Crippen molar-refractivity contribution >= 4 is 0 Å². The Morgan fingerprint density at radius 3 is 2.60 bits per heavy atom. The van der Waals surface area contributed by atoms with E-state index in [2.05, 4.69) is 36.9 Å². The van der Waals surface area contributed by atoms with Crippen molar-refractivity contribution in [2.75, 3.05) is 26.2 Å². The standard InChI is InChI=1S/C17H28N2O/c1-4-20-15-7-5-6-14(12-15)16(13-18)19-10-8-17(2,3)9-11-19/h5-7,12,16H,4,8-11,13,18H2,1-3H3. The summed E-state index contributed by atoms with van der Waals surface area (Å²) in [5.41, 5.74) is 7.80. The highest BCUT2D eigenvalue weighted by Gasteiger charge is 2.29.